The second-order valence-corrected chi connectivity index (χ2v) is 10.9. The first-order valence-electron chi connectivity index (χ1n) is 13.3. The van der Waals surface area contributed by atoms with Crippen LogP contribution in [0.15, 0.2) is 42.5 Å². The third-order valence-electron chi connectivity index (χ3n) is 5.96. The van der Waals surface area contributed by atoms with Gasteiger partial charge in [-0.05, 0) is 88.3 Å². The number of benzene rings is 2. The maximum Gasteiger partial charge on any atom is 0.408 e. The minimum absolute atomic E-state index is 0.209. The van der Waals surface area contributed by atoms with Crippen LogP contribution in [0.3, 0.4) is 0 Å². The van der Waals surface area contributed by atoms with E-state index in [1.807, 2.05) is 18.2 Å². The van der Waals surface area contributed by atoms with Crippen LogP contribution in [0.25, 0.3) is 0 Å². The van der Waals surface area contributed by atoms with Crippen LogP contribution in [0.5, 0.6) is 0 Å². The van der Waals surface area contributed by atoms with Crippen LogP contribution in [0.2, 0.25) is 0 Å². The highest BCUT2D eigenvalue weighted by molar-refractivity contribution is 6.05. The molecule has 0 aliphatic carbocycles. The van der Waals surface area contributed by atoms with Crippen molar-refractivity contribution in [1.29, 1.82) is 0 Å². The molecule has 1 atom stereocenters. The lowest BCUT2D eigenvalue weighted by Crippen LogP contribution is -2.48. The summed E-state index contributed by atoms with van der Waals surface area (Å²) in [6.07, 6.45) is 1.11. The van der Waals surface area contributed by atoms with E-state index in [1.54, 1.807) is 59.0 Å². The largest absolute Gasteiger partial charge is 0.444 e. The summed E-state index contributed by atoms with van der Waals surface area (Å²) in [5, 5.41) is 11.1. The fourth-order valence-electron chi connectivity index (χ4n) is 3.91. The standard InChI is InChI=1S/C30H42N4O5/c1-19(2)12-15-25(34-29(38)39-30(4,5)6)28(37)32-17-16-21-10-8-9-11-24(21)33-26(35)22-13-14-23(20(3)18-22)27(36)31-7/h8-11,13-14,18-19,25H,12,15-17H2,1-7H3,(H,31,36)(H,32,37)(H,33,35)(H,34,38)/t25-/m0/s1. The van der Waals surface area contributed by atoms with Gasteiger partial charge in [0.15, 0.2) is 0 Å². The molecule has 0 aliphatic heterocycles. The number of ether oxygens (including phenoxy) is 1. The van der Waals surface area contributed by atoms with Crippen LogP contribution < -0.4 is 21.3 Å². The third kappa shape index (κ3) is 10.4. The van der Waals surface area contributed by atoms with E-state index in [0.29, 0.717) is 47.7 Å². The molecule has 2 aromatic rings. The lowest BCUT2D eigenvalue weighted by Gasteiger charge is -2.24. The van der Waals surface area contributed by atoms with E-state index in [4.69, 9.17) is 4.74 Å². The number of carbonyl (C=O) groups is 4. The highest BCUT2D eigenvalue weighted by Crippen LogP contribution is 2.18. The lowest BCUT2D eigenvalue weighted by atomic mass is 10.0. The molecule has 0 aromatic heterocycles. The van der Waals surface area contributed by atoms with Gasteiger partial charge < -0.3 is 26.0 Å². The second-order valence-electron chi connectivity index (χ2n) is 10.9. The number of anilines is 1. The van der Waals surface area contributed by atoms with Crippen molar-refractivity contribution in [1.82, 2.24) is 16.0 Å². The molecule has 2 aromatic carbocycles. The maximum atomic E-state index is 12.9. The molecule has 0 saturated heterocycles. The quantitative estimate of drug-likeness (QED) is 0.333. The molecular weight excluding hydrogens is 496 g/mol. The van der Waals surface area contributed by atoms with E-state index in [-0.39, 0.29) is 17.7 Å². The SMILES string of the molecule is CNC(=O)c1ccc(C(=O)Nc2ccccc2CCNC(=O)[C@H](CCC(C)C)NC(=O)OC(C)(C)C)cc1C. The van der Waals surface area contributed by atoms with Crippen LogP contribution in [0.1, 0.15) is 79.3 Å². The molecule has 212 valence electrons. The highest BCUT2D eigenvalue weighted by atomic mass is 16.6. The van der Waals surface area contributed by atoms with Gasteiger partial charge in [0, 0.05) is 30.4 Å². The van der Waals surface area contributed by atoms with E-state index in [1.165, 1.54) is 0 Å². The van der Waals surface area contributed by atoms with E-state index in [0.717, 1.165) is 12.0 Å². The zero-order valence-electron chi connectivity index (χ0n) is 24.1. The van der Waals surface area contributed by atoms with Gasteiger partial charge in [-0.1, -0.05) is 32.0 Å². The van der Waals surface area contributed by atoms with Crippen molar-refractivity contribution in [3.8, 4) is 0 Å². The summed E-state index contributed by atoms with van der Waals surface area (Å²) >= 11 is 0. The Labute approximate surface area is 231 Å². The molecule has 0 fully saturated rings. The normalized spacial score (nSPS) is 11.9. The number of nitrogens with one attached hydrogen (secondary N) is 4. The van der Waals surface area contributed by atoms with E-state index in [2.05, 4.69) is 35.1 Å². The van der Waals surface area contributed by atoms with Gasteiger partial charge in [0.1, 0.15) is 11.6 Å². The Bertz CT molecular complexity index is 1170. The first kappa shape index (κ1) is 31.3. The predicted octanol–water partition coefficient (Wildman–Crippen LogP) is 4.60. The third-order valence-corrected chi connectivity index (χ3v) is 5.96. The molecular formula is C30H42N4O5. The van der Waals surface area contributed by atoms with E-state index < -0.39 is 17.7 Å². The van der Waals surface area contributed by atoms with Gasteiger partial charge >= 0.3 is 6.09 Å². The molecule has 4 N–H and O–H groups in total. The highest BCUT2D eigenvalue weighted by Gasteiger charge is 2.24. The van der Waals surface area contributed by atoms with Gasteiger partial charge in [0.25, 0.3) is 11.8 Å². The van der Waals surface area contributed by atoms with Crippen LogP contribution in [-0.2, 0) is 16.0 Å². The number of carbonyl (C=O) groups excluding carboxylic acids is 4. The molecule has 0 spiro atoms. The molecule has 0 heterocycles. The predicted molar refractivity (Wildman–Crippen MR) is 153 cm³/mol. The summed E-state index contributed by atoms with van der Waals surface area (Å²) in [7, 11) is 1.56. The number of alkyl carbamates (subject to hydrolysis) is 1. The van der Waals surface area contributed by atoms with Crippen LogP contribution in [-0.4, -0.2) is 49.1 Å². The number of hydrogen-bond donors (Lipinski definition) is 4. The zero-order chi connectivity index (χ0) is 29.2. The van der Waals surface area contributed by atoms with Gasteiger partial charge in [-0.15, -0.1) is 0 Å². The molecule has 0 unspecified atom stereocenters. The molecule has 0 aliphatic rings. The van der Waals surface area contributed by atoms with E-state index in [9.17, 15) is 19.2 Å². The van der Waals surface area contributed by atoms with Crippen molar-refractivity contribution in [2.24, 2.45) is 5.92 Å². The summed E-state index contributed by atoms with van der Waals surface area (Å²) in [6, 6.07) is 11.6. The monoisotopic (exact) mass is 538 g/mol. The van der Waals surface area contributed by atoms with E-state index >= 15 is 0 Å². The Balaban J connectivity index is 2.03. The fraction of sp³-hybridized carbons (Fsp3) is 0.467. The molecule has 39 heavy (non-hydrogen) atoms. The maximum absolute atomic E-state index is 12.9. The Morgan fingerprint density at radius 2 is 1.64 bits per heavy atom. The Hall–Kier alpha value is -3.88. The molecule has 9 heteroatoms. The average molecular weight is 539 g/mol. The van der Waals surface area contributed by atoms with Crippen molar-refractivity contribution >= 4 is 29.5 Å². The van der Waals surface area contributed by atoms with Crippen molar-refractivity contribution < 1.29 is 23.9 Å². The lowest BCUT2D eigenvalue weighted by molar-refractivity contribution is -0.123. The van der Waals surface area contributed by atoms with Gasteiger partial charge in [0.05, 0.1) is 0 Å². The van der Waals surface area contributed by atoms with Crippen LogP contribution in [0.4, 0.5) is 10.5 Å². The van der Waals surface area contributed by atoms with Gasteiger partial charge in [-0.2, -0.15) is 0 Å². The summed E-state index contributed by atoms with van der Waals surface area (Å²) in [4.78, 5) is 50.1. The zero-order valence-corrected chi connectivity index (χ0v) is 24.1. The Kier molecular flexibility index (Phi) is 11.5. The first-order valence-corrected chi connectivity index (χ1v) is 13.3. The van der Waals surface area contributed by atoms with Crippen molar-refractivity contribution in [3.05, 3.63) is 64.7 Å². The summed E-state index contributed by atoms with van der Waals surface area (Å²) < 4.78 is 5.33. The fourth-order valence-corrected chi connectivity index (χ4v) is 3.91. The van der Waals surface area contributed by atoms with Crippen molar-refractivity contribution in [2.75, 3.05) is 18.9 Å². The molecule has 4 amide bonds. The summed E-state index contributed by atoms with van der Waals surface area (Å²) in [5.74, 6) is -0.414. The minimum atomic E-state index is -0.710. The number of aryl methyl sites for hydroxylation is 1. The average Bonchev–Trinajstić information content (AvgIpc) is 2.85. The van der Waals surface area contributed by atoms with Crippen LogP contribution in [0, 0.1) is 12.8 Å². The molecule has 0 bridgehead atoms. The molecule has 9 nitrogen and oxygen atoms in total. The van der Waals surface area contributed by atoms with Crippen molar-refractivity contribution in [3.63, 3.8) is 0 Å². The number of hydrogen-bond acceptors (Lipinski definition) is 5. The van der Waals surface area contributed by atoms with Gasteiger partial charge in [-0.25, -0.2) is 4.79 Å². The molecule has 0 saturated carbocycles. The smallest absolute Gasteiger partial charge is 0.408 e. The number of rotatable bonds is 11. The number of amides is 4. The summed E-state index contributed by atoms with van der Waals surface area (Å²) in [5.41, 5.74) is 2.46. The second kappa shape index (κ2) is 14.3. The Morgan fingerprint density at radius 3 is 2.26 bits per heavy atom. The van der Waals surface area contributed by atoms with Crippen molar-refractivity contribution in [2.45, 2.75) is 72.4 Å². The number of para-hydroxylation sites is 1. The van der Waals surface area contributed by atoms with Gasteiger partial charge in [-0.3, -0.25) is 14.4 Å². The van der Waals surface area contributed by atoms with Gasteiger partial charge in [0.2, 0.25) is 5.91 Å². The topological polar surface area (TPSA) is 126 Å². The molecule has 0 radical (unpaired) electrons. The Morgan fingerprint density at radius 1 is 0.949 bits per heavy atom. The molecule has 2 rings (SSSR count). The first-order chi connectivity index (χ1) is 18.3. The minimum Gasteiger partial charge on any atom is -0.444 e. The van der Waals surface area contributed by atoms with Crippen LogP contribution >= 0.6 is 0 Å². The summed E-state index contributed by atoms with van der Waals surface area (Å²) in [6.45, 7) is 11.5.